The minimum atomic E-state index is -4.36. The summed E-state index contributed by atoms with van der Waals surface area (Å²) in [5.74, 6) is -0.265. The standard InChI is InChI=1S/C26H32F4N4O3/c1-6-31-22-16-20(37-14-13-36-5)15-21(27)23(22)17(2)33-18-7-9-19(10-8-18)34-24(35)32-12-11-25(3,4)26(28,29)30/h6-10,15-16,33H,2,11-14H2,1,3-5H3,(H2,32,34,35). The zero-order chi connectivity index (χ0) is 27.6. The third-order valence-corrected chi connectivity index (χ3v) is 5.41. The first-order valence-electron chi connectivity index (χ1n) is 11.5. The molecule has 0 unspecified atom stereocenters. The third kappa shape index (κ3) is 8.78. The molecule has 0 atom stereocenters. The van der Waals surface area contributed by atoms with Crippen molar-refractivity contribution in [3.8, 4) is 5.75 Å². The lowest BCUT2D eigenvalue weighted by Crippen LogP contribution is -2.37. The van der Waals surface area contributed by atoms with E-state index in [9.17, 15) is 22.4 Å². The highest BCUT2D eigenvalue weighted by Crippen LogP contribution is 2.39. The van der Waals surface area contributed by atoms with Crippen molar-refractivity contribution in [3.05, 3.63) is 54.4 Å². The maximum Gasteiger partial charge on any atom is 0.394 e. The fraction of sp³-hybridized carbons (Fsp3) is 0.385. The molecule has 7 nitrogen and oxygen atoms in total. The number of aliphatic imine (C=N–C) groups is 1. The summed E-state index contributed by atoms with van der Waals surface area (Å²) in [7, 11) is 1.54. The Bertz CT molecular complexity index is 1100. The predicted molar refractivity (Wildman–Crippen MR) is 138 cm³/mol. The fourth-order valence-electron chi connectivity index (χ4n) is 3.11. The lowest BCUT2D eigenvalue weighted by Gasteiger charge is -2.27. The van der Waals surface area contributed by atoms with Crippen molar-refractivity contribution in [1.29, 1.82) is 0 Å². The van der Waals surface area contributed by atoms with Crippen molar-refractivity contribution >= 4 is 35.0 Å². The summed E-state index contributed by atoms with van der Waals surface area (Å²) in [6.07, 6.45) is -3.08. The van der Waals surface area contributed by atoms with Crippen molar-refractivity contribution in [2.45, 2.75) is 33.4 Å². The van der Waals surface area contributed by atoms with Crippen molar-refractivity contribution in [2.75, 3.05) is 37.5 Å². The molecule has 0 aromatic heterocycles. The van der Waals surface area contributed by atoms with Gasteiger partial charge in [0.1, 0.15) is 18.2 Å². The topological polar surface area (TPSA) is 84.0 Å². The second kappa shape index (κ2) is 13.1. The van der Waals surface area contributed by atoms with Crippen LogP contribution in [0.1, 0.15) is 32.8 Å². The Labute approximate surface area is 214 Å². The molecule has 0 aliphatic carbocycles. The summed E-state index contributed by atoms with van der Waals surface area (Å²) in [6.45, 7) is 8.27. The molecule has 0 saturated carbocycles. The smallest absolute Gasteiger partial charge is 0.394 e. The van der Waals surface area contributed by atoms with Crippen LogP contribution in [-0.4, -0.2) is 45.3 Å². The summed E-state index contributed by atoms with van der Waals surface area (Å²) < 4.78 is 64.1. The van der Waals surface area contributed by atoms with Gasteiger partial charge in [0.2, 0.25) is 0 Å². The fourth-order valence-corrected chi connectivity index (χ4v) is 3.11. The highest BCUT2D eigenvalue weighted by molar-refractivity contribution is 5.90. The summed E-state index contributed by atoms with van der Waals surface area (Å²) in [5, 5.41) is 7.99. The number of nitrogens with one attached hydrogen (secondary N) is 3. The van der Waals surface area contributed by atoms with E-state index in [1.165, 1.54) is 19.4 Å². The Kier molecular flexibility index (Phi) is 10.5. The average Bonchev–Trinajstić information content (AvgIpc) is 2.79. The molecule has 2 aromatic rings. The lowest BCUT2D eigenvalue weighted by atomic mass is 9.89. The van der Waals surface area contributed by atoms with Gasteiger partial charge in [-0.05, 0) is 37.6 Å². The monoisotopic (exact) mass is 524 g/mol. The van der Waals surface area contributed by atoms with Crippen molar-refractivity contribution in [1.82, 2.24) is 5.32 Å². The number of halogens is 4. The number of carbonyl (C=O) groups excluding carboxylic acids is 1. The number of ether oxygens (including phenoxy) is 2. The van der Waals surface area contributed by atoms with Crippen LogP contribution in [0.15, 0.2) is 48.0 Å². The number of nitrogens with zero attached hydrogens (tertiary/aromatic N) is 1. The van der Waals surface area contributed by atoms with Gasteiger partial charge in [0.05, 0.1) is 23.3 Å². The van der Waals surface area contributed by atoms with Gasteiger partial charge in [0, 0.05) is 49.1 Å². The molecule has 0 aliphatic rings. The second-order valence-corrected chi connectivity index (χ2v) is 8.72. The number of urea groups is 1. The molecule has 11 heteroatoms. The normalized spacial score (nSPS) is 11.9. The number of methoxy groups -OCH3 is 1. The minimum Gasteiger partial charge on any atom is -0.491 e. The van der Waals surface area contributed by atoms with Gasteiger partial charge in [-0.1, -0.05) is 20.4 Å². The van der Waals surface area contributed by atoms with E-state index >= 15 is 0 Å². The summed E-state index contributed by atoms with van der Waals surface area (Å²) in [6, 6.07) is 8.66. The van der Waals surface area contributed by atoms with Crippen LogP contribution in [0.2, 0.25) is 0 Å². The van der Waals surface area contributed by atoms with E-state index in [1.54, 1.807) is 37.3 Å². The van der Waals surface area contributed by atoms with Crippen LogP contribution in [0, 0.1) is 11.2 Å². The number of alkyl halides is 3. The van der Waals surface area contributed by atoms with Crippen LogP contribution in [0.5, 0.6) is 5.75 Å². The van der Waals surface area contributed by atoms with Gasteiger partial charge in [-0.3, -0.25) is 4.99 Å². The largest absolute Gasteiger partial charge is 0.491 e. The highest BCUT2D eigenvalue weighted by atomic mass is 19.4. The molecule has 0 saturated heterocycles. The molecule has 0 heterocycles. The molecule has 37 heavy (non-hydrogen) atoms. The summed E-state index contributed by atoms with van der Waals surface area (Å²) >= 11 is 0. The molecule has 202 valence electrons. The highest BCUT2D eigenvalue weighted by Gasteiger charge is 2.46. The summed E-state index contributed by atoms with van der Waals surface area (Å²) in [4.78, 5) is 16.3. The molecule has 0 spiro atoms. The van der Waals surface area contributed by atoms with Gasteiger partial charge in [-0.2, -0.15) is 13.2 Å². The van der Waals surface area contributed by atoms with Gasteiger partial charge >= 0.3 is 12.2 Å². The Morgan fingerprint density at radius 2 is 1.70 bits per heavy atom. The Morgan fingerprint density at radius 1 is 1.08 bits per heavy atom. The quantitative estimate of drug-likeness (QED) is 0.163. The first-order valence-corrected chi connectivity index (χ1v) is 11.5. The average molecular weight is 525 g/mol. The summed E-state index contributed by atoms with van der Waals surface area (Å²) in [5.41, 5.74) is -0.170. The number of carbonyl (C=O) groups is 1. The van der Waals surface area contributed by atoms with E-state index < -0.39 is 23.4 Å². The van der Waals surface area contributed by atoms with Gasteiger partial charge in [0.15, 0.2) is 0 Å². The van der Waals surface area contributed by atoms with Crippen molar-refractivity contribution < 1.29 is 31.8 Å². The molecular weight excluding hydrogens is 492 g/mol. The Hall–Kier alpha value is -3.60. The van der Waals surface area contributed by atoms with Crippen LogP contribution in [0.25, 0.3) is 5.70 Å². The maximum absolute atomic E-state index is 14.9. The first-order chi connectivity index (χ1) is 17.4. The van der Waals surface area contributed by atoms with Gasteiger partial charge < -0.3 is 25.4 Å². The van der Waals surface area contributed by atoms with E-state index in [0.29, 0.717) is 29.4 Å². The van der Waals surface area contributed by atoms with E-state index in [0.717, 1.165) is 13.8 Å². The van der Waals surface area contributed by atoms with Gasteiger partial charge in [-0.25, -0.2) is 9.18 Å². The maximum atomic E-state index is 14.9. The predicted octanol–water partition coefficient (Wildman–Crippen LogP) is 6.76. The number of hydrogen-bond acceptors (Lipinski definition) is 5. The van der Waals surface area contributed by atoms with Crippen molar-refractivity contribution in [3.63, 3.8) is 0 Å². The zero-order valence-electron chi connectivity index (χ0n) is 21.3. The molecule has 0 aliphatic heterocycles. The number of hydrogen-bond donors (Lipinski definition) is 3. The molecule has 2 amide bonds. The van der Waals surface area contributed by atoms with Crippen molar-refractivity contribution in [2.24, 2.45) is 10.4 Å². The van der Waals surface area contributed by atoms with E-state index in [2.05, 4.69) is 27.5 Å². The second-order valence-electron chi connectivity index (χ2n) is 8.72. The number of benzene rings is 2. The van der Waals surface area contributed by atoms with Crippen LogP contribution in [-0.2, 0) is 4.74 Å². The van der Waals surface area contributed by atoms with E-state index in [-0.39, 0.29) is 30.8 Å². The molecule has 0 fully saturated rings. The lowest BCUT2D eigenvalue weighted by molar-refractivity contribution is -0.213. The van der Waals surface area contributed by atoms with E-state index in [1.807, 2.05) is 0 Å². The van der Waals surface area contributed by atoms with Gasteiger partial charge in [0.25, 0.3) is 0 Å². The molecule has 2 aromatic carbocycles. The molecule has 3 N–H and O–H groups in total. The Morgan fingerprint density at radius 3 is 2.27 bits per heavy atom. The molecule has 2 rings (SSSR count). The van der Waals surface area contributed by atoms with Crippen LogP contribution in [0.4, 0.5) is 39.4 Å². The third-order valence-electron chi connectivity index (χ3n) is 5.41. The van der Waals surface area contributed by atoms with Crippen LogP contribution in [0.3, 0.4) is 0 Å². The molecular formula is C26H32F4N4O3. The van der Waals surface area contributed by atoms with Crippen LogP contribution >= 0.6 is 0 Å². The van der Waals surface area contributed by atoms with E-state index in [4.69, 9.17) is 9.47 Å². The number of amides is 2. The van der Waals surface area contributed by atoms with Gasteiger partial charge in [-0.15, -0.1) is 0 Å². The first kappa shape index (κ1) is 29.6. The Balaban J connectivity index is 2.00. The molecule has 0 bridgehead atoms. The number of rotatable bonds is 12. The minimum absolute atomic E-state index is 0.137. The number of anilines is 2. The zero-order valence-corrected chi connectivity index (χ0v) is 21.3. The molecule has 0 radical (unpaired) electrons. The SMILES string of the molecule is C=C(Nc1ccc(NC(=O)NCCC(C)(C)C(F)(F)F)cc1)c1c(F)cc(OCCOC)cc1N=CC. The van der Waals surface area contributed by atoms with Crippen LogP contribution < -0.4 is 20.7 Å².